The first-order chi connectivity index (χ1) is 9.11. The maximum Gasteiger partial charge on any atom is 0.310 e. The minimum absolute atomic E-state index is 0.0972. The van der Waals surface area contributed by atoms with E-state index in [0.29, 0.717) is 29.8 Å². The van der Waals surface area contributed by atoms with Gasteiger partial charge in [0.15, 0.2) is 5.82 Å². The fourth-order valence-electron chi connectivity index (χ4n) is 2.29. The van der Waals surface area contributed by atoms with Gasteiger partial charge in [0.05, 0.1) is 18.7 Å². The summed E-state index contributed by atoms with van der Waals surface area (Å²) in [6.45, 7) is 5.53. The molecule has 0 saturated carbocycles. The van der Waals surface area contributed by atoms with E-state index in [1.54, 1.807) is 6.20 Å². The Bertz CT molecular complexity index is 467. The van der Waals surface area contributed by atoms with Gasteiger partial charge in [-0.15, -0.1) is 0 Å². The minimum Gasteiger partial charge on any atom is -0.466 e. The summed E-state index contributed by atoms with van der Waals surface area (Å²) in [4.78, 5) is 22.3. The summed E-state index contributed by atoms with van der Waals surface area (Å²) in [6, 6.07) is 0. The number of piperidine rings is 1. The number of hydrogen-bond acceptors (Lipinski definition) is 5. The Labute approximate surface area is 117 Å². The number of halogens is 1. The quantitative estimate of drug-likeness (QED) is 0.796. The number of anilines is 1. The lowest BCUT2D eigenvalue weighted by Crippen LogP contribution is -2.40. The molecule has 0 aliphatic carbocycles. The van der Waals surface area contributed by atoms with E-state index < -0.39 is 0 Å². The monoisotopic (exact) mass is 283 g/mol. The summed E-state index contributed by atoms with van der Waals surface area (Å²) in [5.41, 5.74) is 0. The third-order valence-electron chi connectivity index (χ3n) is 3.19. The van der Waals surface area contributed by atoms with Crippen LogP contribution < -0.4 is 4.90 Å². The maximum atomic E-state index is 11.8. The summed E-state index contributed by atoms with van der Waals surface area (Å²) in [6.07, 6.45) is 3.40. The molecule has 1 saturated heterocycles. The number of aromatic nitrogens is 2. The van der Waals surface area contributed by atoms with Gasteiger partial charge in [-0.2, -0.15) is 0 Å². The fourth-order valence-corrected chi connectivity index (χ4v) is 2.50. The molecule has 0 bridgehead atoms. The lowest BCUT2D eigenvalue weighted by atomic mass is 9.98. The fraction of sp³-hybridized carbons (Fsp3) is 0.615. The van der Waals surface area contributed by atoms with Gasteiger partial charge in [0.25, 0.3) is 0 Å². The number of rotatable bonds is 3. The molecule has 1 aromatic rings. The second kappa shape index (κ2) is 6.19. The van der Waals surface area contributed by atoms with Crippen molar-refractivity contribution in [2.24, 2.45) is 5.92 Å². The number of carbonyl (C=O) groups is 1. The zero-order valence-corrected chi connectivity index (χ0v) is 12.0. The van der Waals surface area contributed by atoms with Gasteiger partial charge in [-0.1, -0.05) is 11.6 Å². The van der Waals surface area contributed by atoms with Crippen LogP contribution in [0, 0.1) is 12.8 Å². The van der Waals surface area contributed by atoms with Crippen LogP contribution in [-0.2, 0) is 9.53 Å². The van der Waals surface area contributed by atoms with Crippen molar-refractivity contribution in [2.45, 2.75) is 26.7 Å². The molecule has 1 aliphatic heterocycles. The van der Waals surface area contributed by atoms with Gasteiger partial charge < -0.3 is 9.64 Å². The third kappa shape index (κ3) is 3.35. The van der Waals surface area contributed by atoms with E-state index in [-0.39, 0.29) is 11.9 Å². The smallest absolute Gasteiger partial charge is 0.310 e. The van der Waals surface area contributed by atoms with Crippen molar-refractivity contribution in [1.82, 2.24) is 9.97 Å². The summed E-state index contributed by atoms with van der Waals surface area (Å²) in [5.74, 6) is 1.16. The molecule has 1 atom stereocenters. The Morgan fingerprint density at radius 3 is 3.16 bits per heavy atom. The molecule has 0 amide bonds. The predicted octanol–water partition coefficient (Wildman–Crippen LogP) is 2.22. The highest BCUT2D eigenvalue weighted by molar-refractivity contribution is 6.32. The van der Waals surface area contributed by atoms with Gasteiger partial charge in [0, 0.05) is 13.1 Å². The number of hydrogen-bond donors (Lipinski definition) is 0. The largest absolute Gasteiger partial charge is 0.466 e. The van der Waals surface area contributed by atoms with Gasteiger partial charge in [0.2, 0.25) is 0 Å². The number of ether oxygens (including phenoxy) is 1. The van der Waals surface area contributed by atoms with Crippen LogP contribution in [0.3, 0.4) is 0 Å². The van der Waals surface area contributed by atoms with Crippen LogP contribution in [0.4, 0.5) is 5.82 Å². The number of esters is 1. The Morgan fingerprint density at radius 2 is 2.42 bits per heavy atom. The first-order valence-electron chi connectivity index (χ1n) is 6.52. The van der Waals surface area contributed by atoms with Gasteiger partial charge in [-0.25, -0.2) is 9.97 Å². The molecule has 2 rings (SSSR count). The van der Waals surface area contributed by atoms with Crippen LogP contribution in [0.5, 0.6) is 0 Å². The Kier molecular flexibility index (Phi) is 4.58. The van der Waals surface area contributed by atoms with Crippen molar-refractivity contribution in [3.05, 3.63) is 17.0 Å². The number of carbonyl (C=O) groups excluding carboxylic acids is 1. The highest BCUT2D eigenvalue weighted by Crippen LogP contribution is 2.27. The molecule has 2 heterocycles. The van der Waals surface area contributed by atoms with Crippen LogP contribution in [-0.4, -0.2) is 35.6 Å². The highest BCUT2D eigenvalue weighted by atomic mass is 35.5. The van der Waals surface area contributed by atoms with E-state index in [1.165, 1.54) is 0 Å². The van der Waals surface area contributed by atoms with E-state index >= 15 is 0 Å². The molecule has 0 N–H and O–H groups in total. The van der Waals surface area contributed by atoms with Crippen molar-refractivity contribution in [2.75, 3.05) is 24.6 Å². The molecule has 1 unspecified atom stereocenters. The number of nitrogens with zero attached hydrogens (tertiary/aromatic N) is 3. The van der Waals surface area contributed by atoms with E-state index in [4.69, 9.17) is 16.3 Å². The van der Waals surface area contributed by atoms with Crippen molar-refractivity contribution < 1.29 is 9.53 Å². The van der Waals surface area contributed by atoms with Gasteiger partial charge in [-0.3, -0.25) is 4.79 Å². The van der Waals surface area contributed by atoms with Gasteiger partial charge in [-0.05, 0) is 26.7 Å². The van der Waals surface area contributed by atoms with E-state index in [0.717, 1.165) is 19.4 Å². The third-order valence-corrected chi connectivity index (χ3v) is 3.45. The van der Waals surface area contributed by atoms with Gasteiger partial charge in [0.1, 0.15) is 10.8 Å². The summed E-state index contributed by atoms with van der Waals surface area (Å²) in [7, 11) is 0. The number of aryl methyl sites for hydroxylation is 1. The van der Waals surface area contributed by atoms with Crippen molar-refractivity contribution in [1.29, 1.82) is 0 Å². The zero-order valence-electron chi connectivity index (χ0n) is 11.2. The Hall–Kier alpha value is -1.36. The molecule has 0 aromatic carbocycles. The minimum atomic E-state index is -0.130. The molecule has 0 spiro atoms. The van der Waals surface area contributed by atoms with Crippen LogP contribution in [0.1, 0.15) is 25.6 Å². The second-order valence-corrected chi connectivity index (χ2v) is 5.03. The summed E-state index contributed by atoms with van der Waals surface area (Å²) in [5, 5.41) is 0.523. The summed E-state index contributed by atoms with van der Waals surface area (Å²) < 4.78 is 5.09. The lowest BCUT2D eigenvalue weighted by molar-refractivity contribution is -0.148. The van der Waals surface area contributed by atoms with Crippen LogP contribution in [0.15, 0.2) is 6.20 Å². The van der Waals surface area contributed by atoms with E-state index in [1.807, 2.05) is 18.7 Å². The molecule has 5 nitrogen and oxygen atoms in total. The average molecular weight is 284 g/mol. The maximum absolute atomic E-state index is 11.8. The van der Waals surface area contributed by atoms with E-state index in [9.17, 15) is 4.79 Å². The molecule has 104 valence electrons. The molecule has 6 heteroatoms. The molecule has 1 aliphatic rings. The van der Waals surface area contributed by atoms with Crippen molar-refractivity contribution in [3.63, 3.8) is 0 Å². The predicted molar refractivity (Wildman–Crippen MR) is 73.3 cm³/mol. The standard InChI is InChI=1S/C13H18ClN3O2/c1-3-19-13(18)10-5-4-6-17(8-10)12-11(14)7-15-9(2)16-12/h7,10H,3-6,8H2,1-2H3. The van der Waals surface area contributed by atoms with E-state index in [2.05, 4.69) is 9.97 Å². The molecule has 1 fully saturated rings. The lowest BCUT2D eigenvalue weighted by Gasteiger charge is -2.32. The Balaban J connectivity index is 2.12. The average Bonchev–Trinajstić information content (AvgIpc) is 2.42. The highest BCUT2D eigenvalue weighted by Gasteiger charge is 2.28. The molecule has 19 heavy (non-hydrogen) atoms. The first-order valence-corrected chi connectivity index (χ1v) is 6.90. The van der Waals surface area contributed by atoms with Crippen LogP contribution >= 0.6 is 11.6 Å². The second-order valence-electron chi connectivity index (χ2n) is 4.63. The van der Waals surface area contributed by atoms with Crippen molar-refractivity contribution in [3.8, 4) is 0 Å². The Morgan fingerprint density at radius 1 is 1.63 bits per heavy atom. The topological polar surface area (TPSA) is 55.3 Å². The zero-order chi connectivity index (χ0) is 13.8. The molecule has 0 radical (unpaired) electrons. The van der Waals surface area contributed by atoms with Crippen LogP contribution in [0.25, 0.3) is 0 Å². The normalized spacial score (nSPS) is 19.3. The summed E-state index contributed by atoms with van der Waals surface area (Å²) >= 11 is 6.14. The van der Waals surface area contributed by atoms with Crippen LogP contribution in [0.2, 0.25) is 5.02 Å². The first kappa shape index (κ1) is 14.1. The van der Waals surface area contributed by atoms with Gasteiger partial charge >= 0.3 is 5.97 Å². The van der Waals surface area contributed by atoms with Crippen molar-refractivity contribution >= 4 is 23.4 Å². The SMILES string of the molecule is CCOC(=O)C1CCCN(c2nc(C)ncc2Cl)C1. The molecular formula is C13H18ClN3O2. The molecular weight excluding hydrogens is 266 g/mol. The molecule has 1 aromatic heterocycles.